The maximum absolute atomic E-state index is 13.5. The van der Waals surface area contributed by atoms with Gasteiger partial charge in [-0.25, -0.2) is 4.79 Å². The lowest BCUT2D eigenvalue weighted by Crippen LogP contribution is -2.55. The van der Waals surface area contributed by atoms with Gasteiger partial charge in [-0.1, -0.05) is 36.4 Å². The molecule has 0 spiro atoms. The molecule has 2 amide bonds. The van der Waals surface area contributed by atoms with E-state index >= 15 is 0 Å². The highest BCUT2D eigenvalue weighted by molar-refractivity contribution is 6.10. The minimum Gasteiger partial charge on any atom is -0.480 e. The lowest BCUT2D eigenvalue weighted by Gasteiger charge is -2.35. The fraction of sp³-hybridized carbons (Fsp3) is 0.364. The van der Waals surface area contributed by atoms with Gasteiger partial charge >= 0.3 is 5.97 Å². The summed E-state index contributed by atoms with van der Waals surface area (Å²) < 4.78 is 0. The van der Waals surface area contributed by atoms with Crippen LogP contribution in [0.1, 0.15) is 38.1 Å². The van der Waals surface area contributed by atoms with Gasteiger partial charge in [-0.05, 0) is 38.5 Å². The first kappa shape index (κ1) is 19.3. The van der Waals surface area contributed by atoms with E-state index < -0.39 is 40.8 Å². The molecule has 0 bridgehead atoms. The van der Waals surface area contributed by atoms with Gasteiger partial charge in [-0.2, -0.15) is 0 Å². The summed E-state index contributed by atoms with van der Waals surface area (Å²) in [5.41, 5.74) is -1.49. The maximum atomic E-state index is 13.5. The van der Waals surface area contributed by atoms with Crippen molar-refractivity contribution in [1.82, 2.24) is 15.2 Å². The van der Waals surface area contributed by atoms with E-state index in [4.69, 9.17) is 0 Å². The van der Waals surface area contributed by atoms with Gasteiger partial charge in [0.1, 0.15) is 0 Å². The van der Waals surface area contributed by atoms with Crippen LogP contribution >= 0.6 is 0 Å². The molecule has 7 nitrogen and oxygen atoms in total. The fourth-order valence-electron chi connectivity index (χ4n) is 4.67. The van der Waals surface area contributed by atoms with Crippen LogP contribution in [0.4, 0.5) is 0 Å². The average Bonchev–Trinajstić information content (AvgIpc) is 3.18. The molecule has 4 unspecified atom stereocenters. The molecule has 29 heavy (non-hydrogen) atoms. The van der Waals surface area contributed by atoms with Gasteiger partial charge in [0.2, 0.25) is 11.8 Å². The number of aliphatic carboxylic acids is 1. The van der Waals surface area contributed by atoms with Gasteiger partial charge in [0.15, 0.2) is 5.54 Å². The lowest BCUT2D eigenvalue weighted by atomic mass is 9.75. The number of likely N-dealkylation sites (tertiary alicyclic amines) is 1. The van der Waals surface area contributed by atoms with E-state index in [9.17, 15) is 19.5 Å². The summed E-state index contributed by atoms with van der Waals surface area (Å²) in [6.07, 6.45) is 1.60. The van der Waals surface area contributed by atoms with Gasteiger partial charge in [0.05, 0.1) is 23.6 Å². The van der Waals surface area contributed by atoms with Crippen molar-refractivity contribution in [2.75, 3.05) is 0 Å². The molecule has 0 aliphatic carbocycles. The number of rotatable bonds is 3. The number of imide groups is 1. The molecular formula is C22H23N3O4. The van der Waals surface area contributed by atoms with Gasteiger partial charge in [-0.15, -0.1) is 0 Å². The van der Waals surface area contributed by atoms with E-state index in [0.29, 0.717) is 11.3 Å². The third-order valence-electron chi connectivity index (χ3n) is 5.80. The van der Waals surface area contributed by atoms with Crippen molar-refractivity contribution in [3.05, 3.63) is 66.0 Å². The smallest absolute Gasteiger partial charge is 0.329 e. The first-order valence-corrected chi connectivity index (χ1v) is 9.55. The van der Waals surface area contributed by atoms with Gasteiger partial charge < -0.3 is 5.11 Å². The van der Waals surface area contributed by atoms with Crippen molar-refractivity contribution in [2.45, 2.75) is 37.9 Å². The fourth-order valence-corrected chi connectivity index (χ4v) is 4.67. The van der Waals surface area contributed by atoms with Crippen molar-refractivity contribution in [3.8, 4) is 0 Å². The van der Waals surface area contributed by atoms with Gasteiger partial charge in [0, 0.05) is 11.7 Å². The highest BCUT2D eigenvalue weighted by Crippen LogP contribution is 2.53. The standard InChI is InChI=1S/C22H23N3O4/c1-21(2,3)25-18(26)15-16(19(25)27)22(20(28)29,13-9-5-4-6-10-13)24-17(15)14-11-7-8-12-23-14/h4-12,15-17,24H,1-3H3,(H,28,29). The molecule has 2 aliphatic heterocycles. The number of pyridine rings is 1. The molecule has 1 aromatic carbocycles. The Balaban J connectivity index is 1.96. The number of aromatic nitrogens is 1. The Bertz CT molecular complexity index is 971. The highest BCUT2D eigenvalue weighted by atomic mass is 16.4. The molecule has 0 saturated carbocycles. The second-order valence-electron chi connectivity index (χ2n) is 8.54. The third-order valence-corrected chi connectivity index (χ3v) is 5.80. The van der Waals surface area contributed by atoms with Crippen LogP contribution in [-0.4, -0.2) is 38.3 Å². The summed E-state index contributed by atoms with van der Waals surface area (Å²) in [5, 5.41) is 13.5. The van der Waals surface area contributed by atoms with Crippen molar-refractivity contribution < 1.29 is 19.5 Å². The minimum absolute atomic E-state index is 0.366. The van der Waals surface area contributed by atoms with Gasteiger partial charge in [-0.3, -0.25) is 24.8 Å². The molecule has 0 radical (unpaired) electrons. The Hall–Kier alpha value is -3.06. The summed E-state index contributed by atoms with van der Waals surface area (Å²) in [7, 11) is 0. The minimum atomic E-state index is -1.72. The van der Waals surface area contributed by atoms with Crippen LogP contribution in [0.5, 0.6) is 0 Å². The number of carbonyl (C=O) groups excluding carboxylic acids is 2. The number of carbonyl (C=O) groups is 3. The first-order chi connectivity index (χ1) is 13.7. The van der Waals surface area contributed by atoms with E-state index in [1.165, 1.54) is 4.90 Å². The zero-order valence-corrected chi connectivity index (χ0v) is 16.5. The topological polar surface area (TPSA) is 99.6 Å². The SMILES string of the molecule is CC(C)(C)N1C(=O)C2C(c3ccccn3)NC(C(=O)O)(c3ccccc3)C2C1=O. The number of hydrogen-bond acceptors (Lipinski definition) is 5. The maximum Gasteiger partial charge on any atom is 0.329 e. The van der Waals surface area contributed by atoms with Crippen molar-refractivity contribution in [1.29, 1.82) is 0 Å². The first-order valence-electron chi connectivity index (χ1n) is 9.55. The Morgan fingerprint density at radius 3 is 2.28 bits per heavy atom. The highest BCUT2D eigenvalue weighted by Gasteiger charge is 2.70. The number of fused-ring (bicyclic) bond motifs is 1. The Kier molecular flexibility index (Phi) is 4.31. The van der Waals surface area contributed by atoms with Crippen molar-refractivity contribution >= 4 is 17.8 Å². The number of nitrogens with one attached hydrogen (secondary N) is 1. The Labute approximate surface area is 168 Å². The molecule has 4 rings (SSSR count). The average molecular weight is 393 g/mol. The van der Waals surface area contributed by atoms with Crippen LogP contribution in [0, 0.1) is 11.8 Å². The summed E-state index contributed by atoms with van der Waals surface area (Å²) in [6, 6.07) is 13.2. The zero-order chi connectivity index (χ0) is 21.0. The summed E-state index contributed by atoms with van der Waals surface area (Å²) >= 11 is 0. The van der Waals surface area contributed by atoms with E-state index in [1.54, 1.807) is 75.5 Å². The van der Waals surface area contributed by atoms with Crippen LogP contribution in [-0.2, 0) is 19.9 Å². The third kappa shape index (κ3) is 2.68. The van der Waals surface area contributed by atoms with Crippen LogP contribution in [0.2, 0.25) is 0 Å². The molecule has 2 aliphatic rings. The van der Waals surface area contributed by atoms with E-state index in [0.717, 1.165) is 0 Å². The van der Waals surface area contributed by atoms with Crippen molar-refractivity contribution in [2.24, 2.45) is 11.8 Å². The quantitative estimate of drug-likeness (QED) is 0.775. The molecular weight excluding hydrogens is 370 g/mol. The predicted molar refractivity (Wildman–Crippen MR) is 104 cm³/mol. The van der Waals surface area contributed by atoms with Crippen LogP contribution in [0.25, 0.3) is 0 Å². The molecule has 2 saturated heterocycles. The summed E-state index contributed by atoms with van der Waals surface area (Å²) in [4.78, 5) is 45.2. The number of hydrogen-bond donors (Lipinski definition) is 2. The molecule has 2 fully saturated rings. The molecule has 7 heteroatoms. The normalized spacial score (nSPS) is 29.2. The summed E-state index contributed by atoms with van der Waals surface area (Å²) in [5.74, 6) is -3.94. The Morgan fingerprint density at radius 2 is 1.72 bits per heavy atom. The molecule has 4 atom stereocenters. The Morgan fingerprint density at radius 1 is 1.07 bits per heavy atom. The molecule has 150 valence electrons. The van der Waals surface area contributed by atoms with Crippen LogP contribution < -0.4 is 5.32 Å². The van der Waals surface area contributed by atoms with Crippen LogP contribution in [0.3, 0.4) is 0 Å². The molecule has 3 heterocycles. The largest absolute Gasteiger partial charge is 0.480 e. The molecule has 2 N–H and O–H groups in total. The van der Waals surface area contributed by atoms with E-state index in [2.05, 4.69) is 10.3 Å². The molecule has 2 aromatic rings. The number of amides is 2. The lowest BCUT2D eigenvalue weighted by molar-refractivity contribution is -0.154. The van der Waals surface area contributed by atoms with Crippen molar-refractivity contribution in [3.63, 3.8) is 0 Å². The number of carboxylic acids is 1. The van der Waals surface area contributed by atoms with E-state index in [1.807, 2.05) is 0 Å². The van der Waals surface area contributed by atoms with E-state index in [-0.39, 0.29) is 5.91 Å². The predicted octanol–water partition coefficient (Wildman–Crippen LogP) is 2.11. The number of benzene rings is 1. The zero-order valence-electron chi connectivity index (χ0n) is 16.5. The number of carboxylic acid groups (broad SMARTS) is 1. The summed E-state index contributed by atoms with van der Waals surface area (Å²) in [6.45, 7) is 5.33. The number of nitrogens with zero attached hydrogens (tertiary/aromatic N) is 2. The molecule has 1 aromatic heterocycles. The van der Waals surface area contributed by atoms with Gasteiger partial charge in [0.25, 0.3) is 0 Å². The second-order valence-corrected chi connectivity index (χ2v) is 8.54. The second kappa shape index (κ2) is 6.49. The van der Waals surface area contributed by atoms with Crippen LogP contribution in [0.15, 0.2) is 54.7 Å². The monoisotopic (exact) mass is 393 g/mol.